The van der Waals surface area contributed by atoms with E-state index >= 15 is 0 Å². The molecular weight excluding hydrogens is 363 g/mol. The maximum atomic E-state index is 13.5. The number of carbonyl (C=O) groups is 1. The number of anilines is 1. The van der Waals surface area contributed by atoms with Gasteiger partial charge in [-0.25, -0.2) is 17.9 Å². The Morgan fingerprint density at radius 2 is 1.86 bits per heavy atom. The van der Waals surface area contributed by atoms with Crippen LogP contribution in [0.3, 0.4) is 0 Å². The van der Waals surface area contributed by atoms with E-state index in [0.717, 1.165) is 0 Å². The number of hydrogen-bond donors (Lipinski definition) is 2. The molecule has 0 saturated heterocycles. The Labute approximate surface area is 129 Å². The van der Waals surface area contributed by atoms with Crippen LogP contribution in [0, 0.1) is 5.82 Å². The Balaban J connectivity index is 2.29. The lowest BCUT2D eigenvalue weighted by molar-refractivity contribution is 0.102. The molecular formula is C13H10BrFN2O3S. The molecule has 110 valence electrons. The summed E-state index contributed by atoms with van der Waals surface area (Å²) in [4.78, 5) is 11.9. The van der Waals surface area contributed by atoms with Gasteiger partial charge in [-0.1, -0.05) is 12.1 Å². The first-order chi connectivity index (χ1) is 9.79. The number of nitrogens with one attached hydrogen (secondary N) is 1. The van der Waals surface area contributed by atoms with Crippen LogP contribution in [0.4, 0.5) is 10.1 Å². The topological polar surface area (TPSA) is 89.3 Å². The average Bonchev–Trinajstić information content (AvgIpc) is 2.40. The van der Waals surface area contributed by atoms with Crippen LogP contribution in [0.25, 0.3) is 0 Å². The predicted molar refractivity (Wildman–Crippen MR) is 79.9 cm³/mol. The minimum atomic E-state index is -3.83. The lowest BCUT2D eigenvalue weighted by atomic mass is 10.2. The molecule has 0 saturated carbocycles. The van der Waals surface area contributed by atoms with Crippen molar-refractivity contribution in [3.8, 4) is 0 Å². The summed E-state index contributed by atoms with van der Waals surface area (Å²) in [7, 11) is -3.83. The van der Waals surface area contributed by atoms with E-state index in [0.29, 0.717) is 10.2 Å². The molecule has 8 heteroatoms. The summed E-state index contributed by atoms with van der Waals surface area (Å²) in [5.41, 5.74) is 0.190. The Kier molecular flexibility index (Phi) is 4.40. The van der Waals surface area contributed by atoms with Gasteiger partial charge in [0.15, 0.2) is 0 Å². The summed E-state index contributed by atoms with van der Waals surface area (Å²) in [6.07, 6.45) is 0. The van der Waals surface area contributed by atoms with Gasteiger partial charge in [0.1, 0.15) is 5.82 Å². The van der Waals surface area contributed by atoms with Gasteiger partial charge in [0, 0.05) is 4.47 Å². The predicted octanol–water partition coefficient (Wildman–Crippen LogP) is 2.49. The third-order valence-corrected chi connectivity index (χ3v) is 4.20. The van der Waals surface area contributed by atoms with E-state index in [-0.39, 0.29) is 10.5 Å². The molecule has 2 aromatic carbocycles. The summed E-state index contributed by atoms with van der Waals surface area (Å²) in [6, 6.07) is 9.40. The van der Waals surface area contributed by atoms with Crippen molar-refractivity contribution in [3.05, 3.63) is 58.3 Å². The van der Waals surface area contributed by atoms with Gasteiger partial charge in [0.05, 0.1) is 16.1 Å². The highest BCUT2D eigenvalue weighted by Gasteiger charge is 2.14. The SMILES string of the molecule is NS(=O)(=O)c1ccc(NC(=O)c2ccccc2F)c(Br)c1. The van der Waals surface area contributed by atoms with E-state index in [1.54, 1.807) is 0 Å². The highest BCUT2D eigenvalue weighted by atomic mass is 79.9. The van der Waals surface area contributed by atoms with Crippen molar-refractivity contribution in [2.45, 2.75) is 4.90 Å². The van der Waals surface area contributed by atoms with Crippen molar-refractivity contribution in [2.24, 2.45) is 5.14 Å². The number of sulfonamides is 1. The minimum Gasteiger partial charge on any atom is -0.321 e. The molecule has 2 rings (SSSR count). The van der Waals surface area contributed by atoms with Gasteiger partial charge < -0.3 is 5.32 Å². The molecule has 1 amide bonds. The van der Waals surface area contributed by atoms with Crippen LogP contribution in [0.5, 0.6) is 0 Å². The Morgan fingerprint density at radius 3 is 2.43 bits per heavy atom. The molecule has 0 atom stereocenters. The number of primary sulfonamides is 1. The third-order valence-electron chi connectivity index (χ3n) is 2.64. The van der Waals surface area contributed by atoms with Gasteiger partial charge in [0.2, 0.25) is 10.0 Å². The molecule has 0 radical (unpaired) electrons. The number of amides is 1. The Bertz CT molecular complexity index is 809. The van der Waals surface area contributed by atoms with Gasteiger partial charge in [-0.05, 0) is 46.3 Å². The van der Waals surface area contributed by atoms with Crippen molar-refractivity contribution < 1.29 is 17.6 Å². The monoisotopic (exact) mass is 372 g/mol. The maximum Gasteiger partial charge on any atom is 0.258 e. The van der Waals surface area contributed by atoms with Gasteiger partial charge in [0.25, 0.3) is 5.91 Å². The fourth-order valence-corrected chi connectivity index (χ4v) is 2.78. The van der Waals surface area contributed by atoms with Crippen LogP contribution in [-0.2, 0) is 10.0 Å². The molecule has 0 fully saturated rings. The van der Waals surface area contributed by atoms with Gasteiger partial charge in [-0.2, -0.15) is 0 Å². The number of benzene rings is 2. The molecule has 0 aromatic heterocycles. The van der Waals surface area contributed by atoms with Crippen molar-refractivity contribution in [1.29, 1.82) is 0 Å². The van der Waals surface area contributed by atoms with Crippen molar-refractivity contribution >= 4 is 37.5 Å². The van der Waals surface area contributed by atoms with Crippen molar-refractivity contribution in [2.75, 3.05) is 5.32 Å². The molecule has 0 unspecified atom stereocenters. The summed E-state index contributed by atoms with van der Waals surface area (Å²) < 4.78 is 36.2. The molecule has 0 aliphatic heterocycles. The molecule has 0 heterocycles. The Morgan fingerprint density at radius 1 is 1.19 bits per heavy atom. The first kappa shape index (κ1) is 15.6. The third kappa shape index (κ3) is 3.66. The highest BCUT2D eigenvalue weighted by Crippen LogP contribution is 2.26. The van der Waals surface area contributed by atoms with Crippen LogP contribution < -0.4 is 10.5 Å². The van der Waals surface area contributed by atoms with Crippen molar-refractivity contribution in [1.82, 2.24) is 0 Å². The smallest absolute Gasteiger partial charge is 0.258 e. The Hall–Kier alpha value is -1.77. The maximum absolute atomic E-state index is 13.5. The van der Waals surface area contributed by atoms with E-state index in [4.69, 9.17) is 5.14 Å². The highest BCUT2D eigenvalue weighted by molar-refractivity contribution is 9.10. The largest absolute Gasteiger partial charge is 0.321 e. The molecule has 0 bridgehead atoms. The molecule has 3 N–H and O–H groups in total. The second-order valence-corrected chi connectivity index (χ2v) is 6.54. The number of halogens is 2. The van der Waals surface area contributed by atoms with E-state index in [9.17, 15) is 17.6 Å². The summed E-state index contributed by atoms with van der Waals surface area (Å²) in [5.74, 6) is -1.29. The van der Waals surface area contributed by atoms with E-state index < -0.39 is 21.7 Å². The minimum absolute atomic E-state index is 0.0988. The number of carbonyl (C=O) groups excluding carboxylic acids is 1. The van der Waals surface area contributed by atoms with Crippen LogP contribution in [0.2, 0.25) is 0 Å². The lowest BCUT2D eigenvalue weighted by Gasteiger charge is -2.09. The summed E-state index contributed by atoms with van der Waals surface area (Å²) in [6.45, 7) is 0. The molecule has 21 heavy (non-hydrogen) atoms. The van der Waals surface area contributed by atoms with E-state index in [1.807, 2.05) is 0 Å². The fourth-order valence-electron chi connectivity index (χ4n) is 1.61. The molecule has 5 nitrogen and oxygen atoms in total. The zero-order valence-electron chi connectivity index (χ0n) is 10.5. The number of rotatable bonds is 3. The van der Waals surface area contributed by atoms with E-state index in [2.05, 4.69) is 21.2 Å². The van der Waals surface area contributed by atoms with Crippen molar-refractivity contribution in [3.63, 3.8) is 0 Å². The van der Waals surface area contributed by atoms with Gasteiger partial charge in [-0.3, -0.25) is 4.79 Å². The van der Waals surface area contributed by atoms with Crippen LogP contribution in [0.1, 0.15) is 10.4 Å². The molecule has 2 aromatic rings. The first-order valence-electron chi connectivity index (χ1n) is 5.67. The second kappa shape index (κ2) is 5.92. The van der Waals surface area contributed by atoms with Crippen LogP contribution >= 0.6 is 15.9 Å². The number of nitrogens with two attached hydrogens (primary N) is 1. The quantitative estimate of drug-likeness (QED) is 0.866. The standard InChI is InChI=1S/C13H10BrFN2O3S/c14-10-7-8(21(16,19)20)5-6-12(10)17-13(18)9-3-1-2-4-11(9)15/h1-7H,(H,17,18)(H2,16,19,20). The molecule has 0 aliphatic rings. The zero-order chi connectivity index (χ0) is 15.6. The van der Waals surface area contributed by atoms with Crippen LogP contribution in [-0.4, -0.2) is 14.3 Å². The fraction of sp³-hybridized carbons (Fsp3) is 0. The first-order valence-corrected chi connectivity index (χ1v) is 8.01. The number of hydrogen-bond acceptors (Lipinski definition) is 3. The molecule has 0 spiro atoms. The second-order valence-electron chi connectivity index (χ2n) is 4.12. The van der Waals surface area contributed by atoms with Gasteiger partial charge >= 0.3 is 0 Å². The van der Waals surface area contributed by atoms with Gasteiger partial charge in [-0.15, -0.1) is 0 Å². The average molecular weight is 373 g/mol. The normalized spacial score (nSPS) is 11.2. The summed E-state index contributed by atoms with van der Waals surface area (Å²) >= 11 is 3.13. The molecule has 0 aliphatic carbocycles. The summed E-state index contributed by atoms with van der Waals surface area (Å²) in [5, 5.41) is 7.49. The lowest BCUT2D eigenvalue weighted by Crippen LogP contribution is -2.15. The van der Waals surface area contributed by atoms with Crippen LogP contribution in [0.15, 0.2) is 51.8 Å². The van der Waals surface area contributed by atoms with E-state index in [1.165, 1.54) is 42.5 Å². The zero-order valence-corrected chi connectivity index (χ0v) is 12.9.